The van der Waals surface area contributed by atoms with E-state index in [1.807, 2.05) is 18.2 Å². The van der Waals surface area contributed by atoms with Crippen molar-refractivity contribution in [3.05, 3.63) is 42.0 Å². The van der Waals surface area contributed by atoms with Gasteiger partial charge < -0.3 is 14.7 Å². The molecule has 1 heterocycles. The van der Waals surface area contributed by atoms with Crippen LogP contribution in [0, 0.1) is 0 Å². The Labute approximate surface area is 106 Å². The highest BCUT2D eigenvalue weighted by molar-refractivity contribution is 6.08. The number of rotatable bonds is 5. The van der Waals surface area contributed by atoms with Gasteiger partial charge in [0.2, 0.25) is 0 Å². The van der Waals surface area contributed by atoms with Crippen molar-refractivity contribution in [3.63, 3.8) is 0 Å². The van der Waals surface area contributed by atoms with Crippen molar-refractivity contribution < 1.29 is 14.6 Å². The van der Waals surface area contributed by atoms with E-state index >= 15 is 0 Å². The van der Waals surface area contributed by atoms with E-state index in [9.17, 15) is 9.90 Å². The zero-order valence-corrected chi connectivity index (χ0v) is 10.4. The van der Waals surface area contributed by atoms with Gasteiger partial charge in [-0.1, -0.05) is 24.8 Å². The number of carbonyl (C=O) groups is 1. The van der Waals surface area contributed by atoms with Crippen LogP contribution in [0.25, 0.3) is 5.70 Å². The molecule has 1 aromatic rings. The summed E-state index contributed by atoms with van der Waals surface area (Å²) in [6, 6.07) is 7.42. The van der Waals surface area contributed by atoms with Gasteiger partial charge in [0.25, 0.3) is 5.91 Å². The van der Waals surface area contributed by atoms with Crippen LogP contribution < -0.4 is 0 Å². The maximum absolute atomic E-state index is 12.1. The molecule has 0 saturated heterocycles. The summed E-state index contributed by atoms with van der Waals surface area (Å²) >= 11 is 0. The van der Waals surface area contributed by atoms with Crippen molar-refractivity contribution in [2.45, 2.75) is 12.5 Å². The normalized spacial score (nSPS) is 16.0. The zero-order valence-electron chi connectivity index (χ0n) is 10.4. The van der Waals surface area contributed by atoms with Gasteiger partial charge in [-0.15, -0.1) is 0 Å². The molecule has 1 aliphatic rings. The summed E-state index contributed by atoms with van der Waals surface area (Å²) in [6.07, 6.45) is -0.0774. The molecule has 0 spiro atoms. The summed E-state index contributed by atoms with van der Waals surface area (Å²) in [5.41, 5.74) is 2.27. The Bertz CT molecular complexity index is 435. The van der Waals surface area contributed by atoms with Gasteiger partial charge in [0.15, 0.2) is 0 Å². The van der Waals surface area contributed by atoms with Crippen molar-refractivity contribution >= 4 is 11.6 Å². The number of hydrogen-bond acceptors (Lipinski definition) is 3. The van der Waals surface area contributed by atoms with Crippen LogP contribution in [0.1, 0.15) is 22.3 Å². The lowest BCUT2D eigenvalue weighted by molar-refractivity contribution is 0.0532. The minimum absolute atomic E-state index is 0.0415. The Balaban J connectivity index is 2.05. The van der Waals surface area contributed by atoms with Crippen LogP contribution in [0.3, 0.4) is 0 Å². The fraction of sp³-hybridized carbons (Fsp3) is 0.357. The Kier molecular flexibility index (Phi) is 3.79. The molecule has 0 aromatic heterocycles. The van der Waals surface area contributed by atoms with E-state index < -0.39 is 6.10 Å². The number of aliphatic hydroxyl groups excluding tert-OH is 1. The lowest BCUT2D eigenvalue weighted by atomic mass is 10.1. The summed E-state index contributed by atoms with van der Waals surface area (Å²) in [4.78, 5) is 13.7. The van der Waals surface area contributed by atoms with Gasteiger partial charge in [-0.05, 0) is 12.5 Å². The molecule has 0 aliphatic carbocycles. The highest BCUT2D eigenvalue weighted by Gasteiger charge is 2.30. The highest BCUT2D eigenvalue weighted by Crippen LogP contribution is 2.31. The maximum Gasteiger partial charge on any atom is 0.258 e. The first-order chi connectivity index (χ1) is 8.65. The predicted molar refractivity (Wildman–Crippen MR) is 69.0 cm³/mol. The Hall–Kier alpha value is -1.65. The Morgan fingerprint density at radius 1 is 1.39 bits per heavy atom. The van der Waals surface area contributed by atoms with E-state index in [1.54, 1.807) is 18.1 Å². The van der Waals surface area contributed by atoms with Crippen LogP contribution in [-0.4, -0.2) is 42.3 Å². The first-order valence-corrected chi connectivity index (χ1v) is 5.92. The van der Waals surface area contributed by atoms with Crippen molar-refractivity contribution in [3.8, 4) is 0 Å². The minimum Gasteiger partial charge on any atom is -0.391 e. The average molecular weight is 247 g/mol. The number of amides is 1. The molecule has 1 atom stereocenters. The van der Waals surface area contributed by atoms with E-state index in [-0.39, 0.29) is 12.5 Å². The van der Waals surface area contributed by atoms with Gasteiger partial charge in [-0.2, -0.15) is 0 Å². The second-order valence-corrected chi connectivity index (χ2v) is 4.35. The van der Waals surface area contributed by atoms with Crippen molar-refractivity contribution in [2.75, 3.05) is 20.3 Å². The van der Waals surface area contributed by atoms with Gasteiger partial charge in [-0.25, -0.2) is 0 Å². The lowest BCUT2D eigenvalue weighted by Crippen LogP contribution is -2.28. The monoisotopic (exact) mass is 247 g/mol. The number of fused-ring (bicyclic) bond motifs is 1. The maximum atomic E-state index is 12.1. The van der Waals surface area contributed by atoms with Crippen molar-refractivity contribution in [1.82, 2.24) is 4.90 Å². The predicted octanol–water partition coefficient (Wildman–Crippen LogP) is 1.51. The van der Waals surface area contributed by atoms with E-state index in [0.29, 0.717) is 24.2 Å². The molecular weight excluding hydrogens is 230 g/mol. The van der Waals surface area contributed by atoms with Crippen molar-refractivity contribution in [1.29, 1.82) is 0 Å². The molecule has 4 heteroatoms. The molecule has 96 valence electrons. The summed E-state index contributed by atoms with van der Waals surface area (Å²) in [5.74, 6) is -0.0415. The third kappa shape index (κ3) is 2.30. The van der Waals surface area contributed by atoms with E-state index in [0.717, 1.165) is 5.56 Å². The van der Waals surface area contributed by atoms with Crippen LogP contribution >= 0.6 is 0 Å². The summed E-state index contributed by atoms with van der Waals surface area (Å²) in [5, 5.41) is 9.61. The van der Waals surface area contributed by atoms with Crippen LogP contribution in [-0.2, 0) is 4.74 Å². The number of hydrogen-bond donors (Lipinski definition) is 1. The number of ether oxygens (including phenoxy) is 1. The number of aliphatic hydroxyl groups is 1. The van der Waals surface area contributed by atoms with Gasteiger partial charge in [0.1, 0.15) is 0 Å². The van der Waals surface area contributed by atoms with E-state index in [2.05, 4.69) is 6.58 Å². The summed E-state index contributed by atoms with van der Waals surface area (Å²) in [6.45, 7) is 4.68. The lowest BCUT2D eigenvalue weighted by Gasteiger charge is -2.19. The van der Waals surface area contributed by atoms with Crippen LogP contribution in [0.2, 0.25) is 0 Å². The summed E-state index contributed by atoms with van der Waals surface area (Å²) in [7, 11) is 1.54. The first-order valence-electron chi connectivity index (χ1n) is 5.92. The first kappa shape index (κ1) is 12.8. The molecule has 1 N–H and O–H groups in total. The minimum atomic E-state index is -0.556. The van der Waals surface area contributed by atoms with Gasteiger partial charge in [0, 0.05) is 30.5 Å². The third-order valence-corrected chi connectivity index (χ3v) is 3.08. The molecule has 0 fully saturated rings. The highest BCUT2D eigenvalue weighted by atomic mass is 16.5. The molecule has 1 unspecified atom stereocenters. The quantitative estimate of drug-likeness (QED) is 0.858. The molecule has 1 amide bonds. The average Bonchev–Trinajstić information content (AvgIpc) is 2.61. The van der Waals surface area contributed by atoms with Crippen LogP contribution in [0.4, 0.5) is 0 Å². The van der Waals surface area contributed by atoms with Crippen LogP contribution in [0.5, 0.6) is 0 Å². The molecular formula is C14H17NO3. The fourth-order valence-electron chi connectivity index (χ4n) is 2.12. The number of methoxy groups -OCH3 is 1. The standard InChI is InChI=1S/C14H17NO3/c1-10-12-5-3-4-6-13(12)14(17)15(10)8-7-11(16)9-18-2/h3-6,11,16H,1,7-9H2,2H3. The second-order valence-electron chi connectivity index (χ2n) is 4.35. The molecule has 1 aliphatic heterocycles. The van der Waals surface area contributed by atoms with Crippen LogP contribution in [0.15, 0.2) is 30.8 Å². The molecule has 4 nitrogen and oxygen atoms in total. The number of nitrogens with zero attached hydrogens (tertiary/aromatic N) is 1. The molecule has 0 saturated carbocycles. The summed E-state index contributed by atoms with van der Waals surface area (Å²) < 4.78 is 4.86. The molecule has 18 heavy (non-hydrogen) atoms. The topological polar surface area (TPSA) is 49.8 Å². The van der Waals surface area contributed by atoms with E-state index in [4.69, 9.17) is 4.74 Å². The Morgan fingerprint density at radius 2 is 2.06 bits per heavy atom. The fourth-order valence-corrected chi connectivity index (χ4v) is 2.12. The smallest absolute Gasteiger partial charge is 0.258 e. The van der Waals surface area contributed by atoms with Gasteiger partial charge >= 0.3 is 0 Å². The molecule has 0 bridgehead atoms. The second kappa shape index (κ2) is 5.33. The zero-order chi connectivity index (χ0) is 13.1. The SMILES string of the molecule is C=C1c2ccccc2C(=O)N1CCC(O)COC. The van der Waals surface area contributed by atoms with Crippen molar-refractivity contribution in [2.24, 2.45) is 0 Å². The molecule has 2 rings (SSSR count). The number of benzene rings is 1. The molecule has 1 aromatic carbocycles. The largest absolute Gasteiger partial charge is 0.391 e. The number of carbonyl (C=O) groups excluding carboxylic acids is 1. The van der Waals surface area contributed by atoms with E-state index in [1.165, 1.54) is 0 Å². The van der Waals surface area contributed by atoms with Gasteiger partial charge in [0.05, 0.1) is 12.7 Å². The third-order valence-electron chi connectivity index (χ3n) is 3.08. The van der Waals surface area contributed by atoms with Gasteiger partial charge in [-0.3, -0.25) is 4.79 Å². The Morgan fingerprint density at radius 3 is 2.67 bits per heavy atom. The molecule has 0 radical (unpaired) electrons.